The summed E-state index contributed by atoms with van der Waals surface area (Å²) in [6, 6.07) is 4.67. The summed E-state index contributed by atoms with van der Waals surface area (Å²) in [6.07, 6.45) is 5.94. The topological polar surface area (TPSA) is 60.9 Å². The molecule has 3 heterocycles. The zero-order valence-electron chi connectivity index (χ0n) is 14.2. The first-order valence-corrected chi connectivity index (χ1v) is 8.36. The molecule has 6 heteroatoms. The number of pyridine rings is 1. The minimum Gasteiger partial charge on any atom is -0.299 e. The summed E-state index contributed by atoms with van der Waals surface area (Å²) in [5.74, 6) is 2.46. The largest absolute Gasteiger partial charge is 0.299 e. The molecule has 0 aliphatic carbocycles. The molecule has 0 bridgehead atoms. The van der Waals surface area contributed by atoms with Crippen LogP contribution >= 0.6 is 0 Å². The summed E-state index contributed by atoms with van der Waals surface area (Å²) in [4.78, 5) is 13.6. The van der Waals surface area contributed by atoms with Gasteiger partial charge >= 0.3 is 0 Å². The van der Waals surface area contributed by atoms with E-state index in [0.717, 1.165) is 37.7 Å². The fraction of sp³-hybridized carbons (Fsp3) is 0.588. The Labute approximate surface area is 137 Å². The van der Waals surface area contributed by atoms with Gasteiger partial charge in [0.15, 0.2) is 0 Å². The highest BCUT2D eigenvalue weighted by Crippen LogP contribution is 2.36. The van der Waals surface area contributed by atoms with Gasteiger partial charge in [0.05, 0.1) is 6.54 Å². The van der Waals surface area contributed by atoms with Gasteiger partial charge in [-0.3, -0.25) is 19.9 Å². The number of nitrogens with one attached hydrogen (secondary N) is 1. The van der Waals surface area contributed by atoms with Crippen molar-refractivity contribution < 1.29 is 0 Å². The van der Waals surface area contributed by atoms with Crippen LogP contribution < -0.4 is 0 Å². The van der Waals surface area contributed by atoms with Gasteiger partial charge in [0.25, 0.3) is 0 Å². The zero-order valence-corrected chi connectivity index (χ0v) is 14.2. The molecule has 1 aliphatic heterocycles. The Balaban J connectivity index is 1.63. The van der Waals surface area contributed by atoms with Crippen molar-refractivity contribution in [2.24, 2.45) is 5.92 Å². The summed E-state index contributed by atoms with van der Waals surface area (Å²) in [5.41, 5.74) is 1.32. The molecule has 1 saturated heterocycles. The van der Waals surface area contributed by atoms with E-state index in [0.29, 0.717) is 12.0 Å². The molecule has 0 spiro atoms. The van der Waals surface area contributed by atoms with E-state index < -0.39 is 0 Å². The Morgan fingerprint density at radius 2 is 2.30 bits per heavy atom. The van der Waals surface area contributed by atoms with E-state index in [9.17, 15) is 0 Å². The predicted octanol–water partition coefficient (Wildman–Crippen LogP) is 1.89. The molecule has 0 unspecified atom stereocenters. The Kier molecular flexibility index (Phi) is 5.03. The van der Waals surface area contributed by atoms with E-state index in [2.05, 4.69) is 57.1 Å². The molecule has 0 radical (unpaired) electrons. The van der Waals surface area contributed by atoms with E-state index in [1.165, 1.54) is 12.0 Å². The lowest BCUT2D eigenvalue weighted by molar-refractivity contribution is 0.211. The van der Waals surface area contributed by atoms with Gasteiger partial charge in [-0.25, -0.2) is 4.98 Å². The molecule has 2 aromatic heterocycles. The van der Waals surface area contributed by atoms with Crippen molar-refractivity contribution in [3.63, 3.8) is 0 Å². The van der Waals surface area contributed by atoms with Crippen molar-refractivity contribution in [1.29, 1.82) is 0 Å². The summed E-state index contributed by atoms with van der Waals surface area (Å²) < 4.78 is 0. The predicted molar refractivity (Wildman–Crippen MR) is 89.8 cm³/mol. The summed E-state index contributed by atoms with van der Waals surface area (Å²) in [6.45, 7) is 5.07. The number of rotatable bonds is 6. The number of aromatic nitrogens is 4. The average Bonchev–Trinajstić information content (AvgIpc) is 3.15. The number of likely N-dealkylation sites (tertiary alicyclic amines) is 1. The van der Waals surface area contributed by atoms with E-state index in [4.69, 9.17) is 0 Å². The van der Waals surface area contributed by atoms with E-state index in [-0.39, 0.29) is 0 Å². The minimum atomic E-state index is 0.451. The second-order valence-electron chi connectivity index (χ2n) is 6.51. The number of hydrogen-bond acceptors (Lipinski definition) is 5. The zero-order chi connectivity index (χ0) is 16.2. The molecule has 0 saturated carbocycles. The van der Waals surface area contributed by atoms with Crippen molar-refractivity contribution >= 4 is 0 Å². The lowest BCUT2D eigenvalue weighted by Gasteiger charge is -2.28. The molecule has 1 aliphatic rings. The van der Waals surface area contributed by atoms with Crippen LogP contribution in [0.3, 0.4) is 0 Å². The Morgan fingerprint density at radius 1 is 1.43 bits per heavy atom. The van der Waals surface area contributed by atoms with Crippen LogP contribution in [0.15, 0.2) is 24.5 Å². The fourth-order valence-corrected chi connectivity index (χ4v) is 3.58. The van der Waals surface area contributed by atoms with Crippen LogP contribution in [-0.2, 0) is 13.0 Å². The highest BCUT2D eigenvalue weighted by atomic mass is 15.2. The number of hydrogen-bond donors (Lipinski definition) is 1. The molecule has 23 heavy (non-hydrogen) atoms. The molecule has 0 amide bonds. The third-order valence-electron chi connectivity index (χ3n) is 4.66. The number of H-pyrrole nitrogens is 1. The maximum Gasteiger partial charge on any atom is 0.150 e. The van der Waals surface area contributed by atoms with Gasteiger partial charge in [-0.2, -0.15) is 5.10 Å². The van der Waals surface area contributed by atoms with Crippen LogP contribution in [0.25, 0.3) is 0 Å². The van der Waals surface area contributed by atoms with Gasteiger partial charge in [-0.05, 0) is 44.6 Å². The normalized spacial score (nSPS) is 22.1. The Morgan fingerprint density at radius 3 is 3.00 bits per heavy atom. The Bertz CT molecular complexity index is 611. The van der Waals surface area contributed by atoms with E-state index >= 15 is 0 Å². The number of aryl methyl sites for hydroxylation is 1. The van der Waals surface area contributed by atoms with Crippen LogP contribution in [-0.4, -0.2) is 57.1 Å². The van der Waals surface area contributed by atoms with Gasteiger partial charge in [-0.15, -0.1) is 0 Å². The molecule has 124 valence electrons. The van der Waals surface area contributed by atoms with E-state index in [1.54, 1.807) is 0 Å². The molecular formula is C17H26N6. The molecule has 1 fully saturated rings. The second-order valence-corrected chi connectivity index (χ2v) is 6.51. The van der Waals surface area contributed by atoms with Crippen molar-refractivity contribution in [1.82, 2.24) is 30.0 Å². The first kappa shape index (κ1) is 16.1. The third-order valence-corrected chi connectivity index (χ3v) is 4.66. The van der Waals surface area contributed by atoms with Crippen molar-refractivity contribution in [3.8, 4) is 0 Å². The van der Waals surface area contributed by atoms with Crippen molar-refractivity contribution in [3.05, 3.63) is 41.7 Å². The van der Waals surface area contributed by atoms with Gasteiger partial charge in [0, 0.05) is 31.4 Å². The summed E-state index contributed by atoms with van der Waals surface area (Å²) >= 11 is 0. The molecule has 0 aromatic carbocycles. The molecular weight excluding hydrogens is 288 g/mol. The Hall–Kier alpha value is -1.79. The monoisotopic (exact) mass is 314 g/mol. The number of nitrogens with zero attached hydrogens (tertiary/aromatic N) is 5. The molecule has 2 atom stereocenters. The lowest BCUT2D eigenvalue weighted by atomic mass is 9.94. The second kappa shape index (κ2) is 7.19. The standard InChI is InChI=1S/C17H26N6/c1-4-15-19-16(21-20-15)12-22(2)11-14-7-9-23(3)17(14)13-6-5-8-18-10-13/h5-6,8,10,14,17H,4,7,9,11-12H2,1-3H3,(H,19,20,21)/t14-,17-/m0/s1. The average molecular weight is 314 g/mol. The third kappa shape index (κ3) is 3.76. The number of aromatic amines is 1. The maximum absolute atomic E-state index is 4.51. The molecule has 1 N–H and O–H groups in total. The molecule has 2 aromatic rings. The van der Waals surface area contributed by atoms with Gasteiger partial charge in [0.2, 0.25) is 0 Å². The highest BCUT2D eigenvalue weighted by Gasteiger charge is 2.33. The van der Waals surface area contributed by atoms with Crippen LogP contribution in [0, 0.1) is 5.92 Å². The van der Waals surface area contributed by atoms with Crippen molar-refractivity contribution in [2.45, 2.75) is 32.4 Å². The first-order chi connectivity index (χ1) is 11.2. The quantitative estimate of drug-likeness (QED) is 0.882. The van der Waals surface area contributed by atoms with Crippen LogP contribution in [0.4, 0.5) is 0 Å². The smallest absolute Gasteiger partial charge is 0.150 e. The fourth-order valence-electron chi connectivity index (χ4n) is 3.58. The lowest BCUT2D eigenvalue weighted by Crippen LogP contribution is -2.30. The SMILES string of the molecule is CCc1n[nH]c(CN(C)C[C@@H]2CCN(C)[C@H]2c2cccnc2)n1. The van der Waals surface area contributed by atoms with Crippen molar-refractivity contribution in [2.75, 3.05) is 27.2 Å². The summed E-state index contributed by atoms with van der Waals surface area (Å²) in [7, 11) is 4.37. The van der Waals surface area contributed by atoms with Gasteiger partial charge < -0.3 is 0 Å². The van der Waals surface area contributed by atoms with Crippen LogP contribution in [0.1, 0.15) is 36.6 Å². The first-order valence-electron chi connectivity index (χ1n) is 8.36. The molecule has 3 rings (SSSR count). The van der Waals surface area contributed by atoms with Crippen LogP contribution in [0.5, 0.6) is 0 Å². The highest BCUT2D eigenvalue weighted by molar-refractivity contribution is 5.17. The van der Waals surface area contributed by atoms with E-state index in [1.807, 2.05) is 18.5 Å². The van der Waals surface area contributed by atoms with Crippen LogP contribution in [0.2, 0.25) is 0 Å². The maximum atomic E-state index is 4.51. The molecule has 6 nitrogen and oxygen atoms in total. The minimum absolute atomic E-state index is 0.451. The van der Waals surface area contributed by atoms with Gasteiger partial charge in [0.1, 0.15) is 11.6 Å². The summed E-state index contributed by atoms with van der Waals surface area (Å²) in [5, 5.41) is 7.26. The van der Waals surface area contributed by atoms with Gasteiger partial charge in [-0.1, -0.05) is 13.0 Å².